The number of carbonyl (C=O) groups is 1. The lowest BCUT2D eigenvalue weighted by Gasteiger charge is -2.12. The van der Waals surface area contributed by atoms with Crippen LogP contribution in [0.5, 0.6) is 11.5 Å². The van der Waals surface area contributed by atoms with E-state index in [0.717, 1.165) is 11.1 Å². The monoisotopic (exact) mass is 282 g/mol. The third-order valence-corrected chi connectivity index (χ3v) is 3.15. The summed E-state index contributed by atoms with van der Waals surface area (Å²) < 4.78 is 10.6. The summed E-state index contributed by atoms with van der Waals surface area (Å²) in [6.07, 6.45) is 3.96. The zero-order valence-corrected chi connectivity index (χ0v) is 12.4. The lowest BCUT2D eigenvalue weighted by Crippen LogP contribution is -2.02. The lowest BCUT2D eigenvalue weighted by molar-refractivity contribution is 0.101. The van der Waals surface area contributed by atoms with Gasteiger partial charge in [0.1, 0.15) is 17.1 Å². The highest BCUT2D eigenvalue weighted by molar-refractivity contribution is 6.00. The average Bonchev–Trinajstić information content (AvgIpc) is 2.52. The van der Waals surface area contributed by atoms with Gasteiger partial charge in [0.2, 0.25) is 0 Å². The van der Waals surface area contributed by atoms with Gasteiger partial charge in [-0.3, -0.25) is 4.79 Å². The summed E-state index contributed by atoms with van der Waals surface area (Å²) in [6, 6.07) is 13.7. The molecule has 0 unspecified atom stereocenters. The van der Waals surface area contributed by atoms with Crippen LogP contribution in [0.1, 0.15) is 28.4 Å². The molecule has 0 saturated heterocycles. The Kier molecular flexibility index (Phi) is 4.77. The average molecular weight is 282 g/mol. The molecule has 0 aliphatic rings. The summed E-state index contributed by atoms with van der Waals surface area (Å²) in [4.78, 5) is 11.7. The highest BCUT2D eigenvalue weighted by Gasteiger charge is 2.15. The second kappa shape index (κ2) is 6.75. The predicted octanol–water partition coefficient (Wildman–Crippen LogP) is 4.08. The van der Waals surface area contributed by atoms with Gasteiger partial charge < -0.3 is 9.47 Å². The number of carbonyl (C=O) groups excluding carboxylic acids is 1. The lowest BCUT2D eigenvalue weighted by atomic mass is 10.0. The minimum Gasteiger partial charge on any atom is -0.496 e. The highest BCUT2D eigenvalue weighted by atomic mass is 16.5. The molecule has 0 heterocycles. The van der Waals surface area contributed by atoms with Crippen LogP contribution < -0.4 is 9.47 Å². The van der Waals surface area contributed by atoms with Crippen LogP contribution in [0.15, 0.2) is 42.5 Å². The summed E-state index contributed by atoms with van der Waals surface area (Å²) >= 11 is 0. The molecule has 0 aliphatic carbocycles. The third-order valence-electron chi connectivity index (χ3n) is 3.15. The van der Waals surface area contributed by atoms with Crippen molar-refractivity contribution in [1.29, 1.82) is 0 Å². The number of hydrogen-bond acceptors (Lipinski definition) is 3. The van der Waals surface area contributed by atoms with Crippen molar-refractivity contribution in [3.05, 3.63) is 59.2 Å². The van der Waals surface area contributed by atoms with Crippen molar-refractivity contribution in [2.45, 2.75) is 6.92 Å². The number of Topliss-reactive ketones (excluding diaryl/α,β-unsaturated/α-hetero) is 1. The molecule has 0 amide bonds. The number of ether oxygens (including phenoxy) is 2. The SMILES string of the molecule is COc1cc(C=Cc2ccccc2)cc(OC)c1C(C)=O. The molecule has 3 nitrogen and oxygen atoms in total. The number of benzene rings is 2. The number of rotatable bonds is 5. The van der Waals surface area contributed by atoms with E-state index in [2.05, 4.69) is 0 Å². The Hall–Kier alpha value is -2.55. The minimum absolute atomic E-state index is 0.0812. The molecule has 2 aromatic rings. The second-order valence-electron chi connectivity index (χ2n) is 4.60. The maximum absolute atomic E-state index is 11.7. The summed E-state index contributed by atoms with van der Waals surface area (Å²) in [7, 11) is 3.10. The van der Waals surface area contributed by atoms with Crippen LogP contribution in [0.2, 0.25) is 0 Å². The molecule has 0 bridgehead atoms. The van der Waals surface area contributed by atoms with Gasteiger partial charge in [-0.25, -0.2) is 0 Å². The van der Waals surface area contributed by atoms with Crippen molar-refractivity contribution in [3.63, 3.8) is 0 Å². The van der Waals surface area contributed by atoms with Crippen LogP contribution in [0, 0.1) is 0 Å². The Morgan fingerprint density at radius 2 is 1.43 bits per heavy atom. The molecule has 3 heteroatoms. The first kappa shape index (κ1) is 14.9. The van der Waals surface area contributed by atoms with E-state index in [1.807, 2.05) is 54.6 Å². The van der Waals surface area contributed by atoms with Gasteiger partial charge in [-0.1, -0.05) is 42.5 Å². The van der Waals surface area contributed by atoms with E-state index in [4.69, 9.17) is 9.47 Å². The van der Waals surface area contributed by atoms with Crippen LogP contribution in [0.3, 0.4) is 0 Å². The molecule has 108 valence electrons. The fourth-order valence-electron chi connectivity index (χ4n) is 2.13. The largest absolute Gasteiger partial charge is 0.496 e. The van der Waals surface area contributed by atoms with E-state index in [0.29, 0.717) is 17.1 Å². The van der Waals surface area contributed by atoms with E-state index < -0.39 is 0 Å². The summed E-state index contributed by atoms with van der Waals surface area (Å²) in [5.41, 5.74) is 2.49. The number of hydrogen-bond donors (Lipinski definition) is 0. The van der Waals surface area contributed by atoms with E-state index in [9.17, 15) is 4.79 Å². The maximum atomic E-state index is 11.7. The number of methoxy groups -OCH3 is 2. The normalized spacial score (nSPS) is 10.6. The van der Waals surface area contributed by atoms with Gasteiger partial charge in [-0.2, -0.15) is 0 Å². The van der Waals surface area contributed by atoms with Crippen LogP contribution in [0.25, 0.3) is 12.2 Å². The quantitative estimate of drug-likeness (QED) is 0.612. The van der Waals surface area contributed by atoms with Gasteiger partial charge in [-0.05, 0) is 30.2 Å². The first-order chi connectivity index (χ1) is 10.2. The predicted molar refractivity (Wildman–Crippen MR) is 84.9 cm³/mol. The van der Waals surface area contributed by atoms with Crippen LogP contribution in [-0.4, -0.2) is 20.0 Å². The fraction of sp³-hybridized carbons (Fsp3) is 0.167. The van der Waals surface area contributed by atoms with Gasteiger partial charge >= 0.3 is 0 Å². The third kappa shape index (κ3) is 3.51. The Balaban J connectivity index is 2.42. The first-order valence-electron chi connectivity index (χ1n) is 6.65. The molecule has 0 fully saturated rings. The van der Waals surface area contributed by atoms with Crippen molar-refractivity contribution < 1.29 is 14.3 Å². The smallest absolute Gasteiger partial charge is 0.167 e. The van der Waals surface area contributed by atoms with Crippen LogP contribution in [-0.2, 0) is 0 Å². The Bertz CT molecular complexity index is 632. The van der Waals surface area contributed by atoms with E-state index in [1.165, 1.54) is 6.92 Å². The van der Waals surface area contributed by atoms with Crippen LogP contribution in [0.4, 0.5) is 0 Å². The zero-order chi connectivity index (χ0) is 15.2. The Morgan fingerprint density at radius 1 is 0.905 bits per heavy atom. The van der Waals surface area contributed by atoms with Crippen molar-refractivity contribution in [2.24, 2.45) is 0 Å². The zero-order valence-electron chi connectivity index (χ0n) is 12.4. The molecular formula is C18H18O3. The topological polar surface area (TPSA) is 35.5 Å². The van der Waals surface area contributed by atoms with Gasteiger partial charge in [-0.15, -0.1) is 0 Å². The summed E-state index contributed by atoms with van der Waals surface area (Å²) in [5, 5.41) is 0. The van der Waals surface area contributed by atoms with E-state index >= 15 is 0 Å². The van der Waals surface area contributed by atoms with Gasteiger partial charge in [0, 0.05) is 0 Å². The standard InChI is InChI=1S/C18H18O3/c1-13(19)18-16(20-2)11-15(12-17(18)21-3)10-9-14-7-5-4-6-8-14/h4-12H,1-3H3. The molecule has 0 aromatic heterocycles. The highest BCUT2D eigenvalue weighted by Crippen LogP contribution is 2.31. The molecule has 0 radical (unpaired) electrons. The van der Waals surface area contributed by atoms with Crippen LogP contribution >= 0.6 is 0 Å². The van der Waals surface area contributed by atoms with Gasteiger partial charge in [0.05, 0.1) is 14.2 Å². The van der Waals surface area contributed by atoms with Gasteiger partial charge in [0.25, 0.3) is 0 Å². The maximum Gasteiger partial charge on any atom is 0.167 e. The van der Waals surface area contributed by atoms with E-state index in [-0.39, 0.29) is 5.78 Å². The molecule has 0 atom stereocenters. The summed E-state index contributed by atoms with van der Waals surface area (Å²) in [5.74, 6) is 0.964. The Morgan fingerprint density at radius 3 is 1.90 bits per heavy atom. The van der Waals surface area contributed by atoms with Crippen molar-refractivity contribution in [1.82, 2.24) is 0 Å². The molecular weight excluding hydrogens is 264 g/mol. The van der Waals surface area contributed by atoms with Crippen molar-refractivity contribution in [3.8, 4) is 11.5 Å². The molecule has 21 heavy (non-hydrogen) atoms. The molecule has 2 rings (SSSR count). The molecule has 2 aromatic carbocycles. The number of ketones is 1. The summed E-state index contributed by atoms with van der Waals surface area (Å²) in [6.45, 7) is 1.50. The first-order valence-corrected chi connectivity index (χ1v) is 6.65. The fourth-order valence-corrected chi connectivity index (χ4v) is 2.13. The Labute approximate surface area is 124 Å². The van der Waals surface area contributed by atoms with Gasteiger partial charge in [0.15, 0.2) is 5.78 Å². The second-order valence-corrected chi connectivity index (χ2v) is 4.60. The molecule has 0 spiro atoms. The van der Waals surface area contributed by atoms with E-state index in [1.54, 1.807) is 14.2 Å². The van der Waals surface area contributed by atoms with Crippen molar-refractivity contribution >= 4 is 17.9 Å². The van der Waals surface area contributed by atoms with Crippen molar-refractivity contribution in [2.75, 3.05) is 14.2 Å². The molecule has 0 aliphatic heterocycles. The molecule has 0 saturated carbocycles. The minimum atomic E-state index is -0.0812. The molecule has 0 N–H and O–H groups in total.